The zero-order valence-electron chi connectivity index (χ0n) is 13.8. The summed E-state index contributed by atoms with van der Waals surface area (Å²) in [5, 5.41) is 3.51. The van der Waals surface area contributed by atoms with Crippen molar-refractivity contribution in [1.82, 2.24) is 10.2 Å². The van der Waals surface area contributed by atoms with Crippen LogP contribution in [0.1, 0.15) is 37.8 Å². The molecule has 0 aromatic heterocycles. The van der Waals surface area contributed by atoms with E-state index in [9.17, 15) is 0 Å². The predicted octanol–water partition coefficient (Wildman–Crippen LogP) is 3.04. The average Bonchev–Trinajstić information content (AvgIpc) is 2.51. The molecule has 0 saturated carbocycles. The lowest BCUT2D eigenvalue weighted by molar-refractivity contribution is -0.00752. The van der Waals surface area contributed by atoms with Gasteiger partial charge >= 0.3 is 0 Å². The van der Waals surface area contributed by atoms with Gasteiger partial charge in [-0.25, -0.2) is 0 Å². The molecule has 2 atom stereocenters. The summed E-state index contributed by atoms with van der Waals surface area (Å²) in [7, 11) is 1.84. The normalized spacial score (nSPS) is 23.4. The molecular formula is C18H30N2O. The summed E-state index contributed by atoms with van der Waals surface area (Å²) in [5.41, 5.74) is 2.88. The van der Waals surface area contributed by atoms with Crippen molar-refractivity contribution in [3.05, 3.63) is 35.4 Å². The van der Waals surface area contributed by atoms with Crippen LogP contribution in [0.4, 0.5) is 0 Å². The van der Waals surface area contributed by atoms with Gasteiger partial charge in [0.2, 0.25) is 0 Å². The molecule has 0 radical (unpaired) electrons. The summed E-state index contributed by atoms with van der Waals surface area (Å²) in [6.07, 6.45) is 2.79. The van der Waals surface area contributed by atoms with Crippen molar-refractivity contribution in [2.45, 2.75) is 45.9 Å². The number of nitrogens with one attached hydrogen (secondary N) is 1. The van der Waals surface area contributed by atoms with Crippen molar-refractivity contribution >= 4 is 0 Å². The number of methoxy groups -OCH3 is 1. The topological polar surface area (TPSA) is 24.5 Å². The highest BCUT2D eigenvalue weighted by Crippen LogP contribution is 2.22. The maximum absolute atomic E-state index is 5.63. The second kappa shape index (κ2) is 8.52. The Bertz CT molecular complexity index is 421. The highest BCUT2D eigenvalue weighted by atomic mass is 16.5. The molecule has 3 nitrogen and oxygen atoms in total. The van der Waals surface area contributed by atoms with Crippen LogP contribution in [0.5, 0.6) is 0 Å². The summed E-state index contributed by atoms with van der Waals surface area (Å²) in [5.74, 6) is 0.674. The number of hydrogen-bond acceptors (Lipinski definition) is 3. The second-order valence-electron chi connectivity index (χ2n) is 6.22. The first-order valence-corrected chi connectivity index (χ1v) is 8.27. The number of rotatable bonds is 7. The second-order valence-corrected chi connectivity index (χ2v) is 6.22. The molecule has 1 aromatic carbocycles. The Morgan fingerprint density at radius 1 is 1.29 bits per heavy atom. The number of piperidine rings is 1. The molecule has 3 heteroatoms. The summed E-state index contributed by atoms with van der Waals surface area (Å²) < 4.78 is 5.63. The van der Waals surface area contributed by atoms with Gasteiger partial charge in [-0.2, -0.15) is 0 Å². The van der Waals surface area contributed by atoms with Gasteiger partial charge in [-0.15, -0.1) is 0 Å². The Labute approximate surface area is 129 Å². The minimum Gasteiger partial charge on any atom is -0.380 e. The van der Waals surface area contributed by atoms with E-state index >= 15 is 0 Å². The molecule has 1 saturated heterocycles. The van der Waals surface area contributed by atoms with Crippen LogP contribution in [0.2, 0.25) is 0 Å². The lowest BCUT2D eigenvalue weighted by Gasteiger charge is -2.36. The van der Waals surface area contributed by atoms with Gasteiger partial charge in [0.1, 0.15) is 0 Å². The fraction of sp³-hybridized carbons (Fsp3) is 0.667. The van der Waals surface area contributed by atoms with E-state index < -0.39 is 0 Å². The van der Waals surface area contributed by atoms with Crippen LogP contribution in [0.25, 0.3) is 0 Å². The van der Waals surface area contributed by atoms with E-state index in [0.29, 0.717) is 12.0 Å². The Balaban J connectivity index is 1.95. The number of ether oxygens (including phenoxy) is 1. The van der Waals surface area contributed by atoms with Gasteiger partial charge in [-0.3, -0.25) is 4.90 Å². The van der Waals surface area contributed by atoms with Crippen LogP contribution in [0, 0.1) is 5.92 Å². The van der Waals surface area contributed by atoms with E-state index in [1.807, 2.05) is 7.11 Å². The average molecular weight is 290 g/mol. The molecule has 1 aliphatic heterocycles. The summed E-state index contributed by atoms with van der Waals surface area (Å²) in [6.45, 7) is 9.83. The van der Waals surface area contributed by atoms with Crippen molar-refractivity contribution in [2.75, 3.05) is 26.7 Å². The quantitative estimate of drug-likeness (QED) is 0.781. The van der Waals surface area contributed by atoms with Gasteiger partial charge in [-0.1, -0.05) is 38.1 Å². The lowest BCUT2D eigenvalue weighted by atomic mass is 9.95. The molecule has 2 rings (SSSR count). The van der Waals surface area contributed by atoms with E-state index in [1.165, 1.54) is 30.5 Å². The molecule has 2 unspecified atom stereocenters. The maximum Gasteiger partial charge on any atom is 0.0724 e. The largest absolute Gasteiger partial charge is 0.380 e. The number of nitrogens with zero attached hydrogens (tertiary/aromatic N) is 1. The van der Waals surface area contributed by atoms with Crippen molar-refractivity contribution in [3.63, 3.8) is 0 Å². The zero-order chi connectivity index (χ0) is 15.1. The molecule has 1 N–H and O–H groups in total. The molecule has 21 heavy (non-hydrogen) atoms. The minimum absolute atomic E-state index is 0.379. The van der Waals surface area contributed by atoms with E-state index in [4.69, 9.17) is 4.74 Å². The third kappa shape index (κ3) is 4.80. The Kier molecular flexibility index (Phi) is 6.68. The van der Waals surface area contributed by atoms with Crippen molar-refractivity contribution in [2.24, 2.45) is 5.92 Å². The van der Waals surface area contributed by atoms with Crippen LogP contribution >= 0.6 is 0 Å². The number of likely N-dealkylation sites (tertiary alicyclic amines) is 1. The van der Waals surface area contributed by atoms with Crippen LogP contribution < -0.4 is 5.32 Å². The predicted molar refractivity (Wildman–Crippen MR) is 88.3 cm³/mol. The first-order chi connectivity index (χ1) is 10.2. The lowest BCUT2D eigenvalue weighted by Crippen LogP contribution is -2.43. The highest BCUT2D eigenvalue weighted by Gasteiger charge is 2.26. The van der Waals surface area contributed by atoms with Crippen LogP contribution in [-0.4, -0.2) is 37.7 Å². The third-order valence-corrected chi connectivity index (χ3v) is 4.53. The molecule has 1 aromatic rings. The van der Waals surface area contributed by atoms with Gasteiger partial charge in [0.15, 0.2) is 0 Å². The summed E-state index contributed by atoms with van der Waals surface area (Å²) in [6, 6.07) is 8.81. The molecule has 1 fully saturated rings. The van der Waals surface area contributed by atoms with E-state index in [2.05, 4.69) is 48.3 Å². The highest BCUT2D eigenvalue weighted by molar-refractivity contribution is 5.27. The number of hydrogen-bond donors (Lipinski definition) is 1. The van der Waals surface area contributed by atoms with Crippen molar-refractivity contribution in [1.29, 1.82) is 0 Å². The smallest absolute Gasteiger partial charge is 0.0724 e. The van der Waals surface area contributed by atoms with Gasteiger partial charge in [-0.05, 0) is 43.0 Å². The standard InChI is InChI=1S/C18H30N2O/c1-4-10-19-12-16-7-5-6-8-17(16)13-20-11-9-15(2)18(14-20)21-3/h5-8,15,18-19H,4,9-14H2,1-3H3. The van der Waals surface area contributed by atoms with E-state index in [0.717, 1.165) is 26.2 Å². The van der Waals surface area contributed by atoms with Gasteiger partial charge in [0, 0.05) is 26.7 Å². The van der Waals surface area contributed by atoms with Crippen LogP contribution in [0.15, 0.2) is 24.3 Å². The maximum atomic E-state index is 5.63. The first kappa shape index (κ1) is 16.5. The van der Waals surface area contributed by atoms with Crippen molar-refractivity contribution in [3.8, 4) is 0 Å². The minimum atomic E-state index is 0.379. The number of benzene rings is 1. The molecule has 1 heterocycles. The van der Waals surface area contributed by atoms with Gasteiger partial charge < -0.3 is 10.1 Å². The Morgan fingerprint density at radius 3 is 2.76 bits per heavy atom. The zero-order valence-corrected chi connectivity index (χ0v) is 13.8. The summed E-state index contributed by atoms with van der Waals surface area (Å²) >= 11 is 0. The summed E-state index contributed by atoms with van der Waals surface area (Å²) in [4.78, 5) is 2.53. The van der Waals surface area contributed by atoms with Crippen LogP contribution in [-0.2, 0) is 17.8 Å². The van der Waals surface area contributed by atoms with Crippen LogP contribution in [0.3, 0.4) is 0 Å². The van der Waals surface area contributed by atoms with E-state index in [1.54, 1.807) is 0 Å². The Morgan fingerprint density at radius 2 is 2.05 bits per heavy atom. The molecule has 0 aliphatic carbocycles. The SMILES string of the molecule is CCCNCc1ccccc1CN1CCC(C)C(OC)C1. The van der Waals surface area contributed by atoms with E-state index in [-0.39, 0.29) is 0 Å². The first-order valence-electron chi connectivity index (χ1n) is 8.27. The van der Waals surface area contributed by atoms with Gasteiger partial charge in [0.25, 0.3) is 0 Å². The third-order valence-electron chi connectivity index (χ3n) is 4.53. The molecule has 0 bridgehead atoms. The monoisotopic (exact) mass is 290 g/mol. The Hall–Kier alpha value is -0.900. The molecular weight excluding hydrogens is 260 g/mol. The van der Waals surface area contributed by atoms with Crippen molar-refractivity contribution < 1.29 is 4.74 Å². The fourth-order valence-corrected chi connectivity index (χ4v) is 3.07. The molecule has 0 spiro atoms. The molecule has 0 amide bonds. The molecule has 1 aliphatic rings. The van der Waals surface area contributed by atoms with Gasteiger partial charge in [0.05, 0.1) is 6.10 Å². The fourth-order valence-electron chi connectivity index (χ4n) is 3.07. The molecule has 118 valence electrons.